The van der Waals surface area contributed by atoms with Crippen LogP contribution >= 0.6 is 0 Å². The molecule has 0 aliphatic heterocycles. The van der Waals surface area contributed by atoms with Gasteiger partial charge in [0.05, 0.1) is 11.0 Å². The normalized spacial score (nSPS) is 13.2. The first kappa shape index (κ1) is 33.5. The maximum atomic E-state index is 6.40. The predicted octanol–water partition coefficient (Wildman–Crippen LogP) is 15.6. The lowest BCUT2D eigenvalue weighted by Crippen LogP contribution is -2.17. The van der Waals surface area contributed by atoms with Gasteiger partial charge in [-0.15, -0.1) is 0 Å². The molecule has 3 heteroatoms. The van der Waals surface area contributed by atoms with Crippen molar-refractivity contribution in [3.63, 3.8) is 0 Å². The zero-order chi connectivity index (χ0) is 38.9. The van der Waals surface area contributed by atoms with Crippen molar-refractivity contribution in [2.75, 3.05) is 4.90 Å². The van der Waals surface area contributed by atoms with Crippen LogP contribution in [0.15, 0.2) is 216 Å². The fourth-order valence-corrected chi connectivity index (χ4v) is 9.41. The summed E-state index contributed by atoms with van der Waals surface area (Å²) in [4.78, 5) is 2.40. The summed E-state index contributed by atoms with van der Waals surface area (Å²) in [6, 6.07) is 70.4. The predicted molar refractivity (Wildman–Crippen MR) is 249 cm³/mol. The van der Waals surface area contributed by atoms with E-state index in [1.54, 1.807) is 0 Å². The molecule has 0 N–H and O–H groups in total. The topological polar surface area (TPSA) is 21.3 Å². The Kier molecular flexibility index (Phi) is 7.67. The van der Waals surface area contributed by atoms with Crippen molar-refractivity contribution in [3.05, 3.63) is 218 Å². The van der Waals surface area contributed by atoms with E-state index in [9.17, 15) is 0 Å². The van der Waals surface area contributed by atoms with Gasteiger partial charge in [0, 0.05) is 50.4 Å². The van der Waals surface area contributed by atoms with Gasteiger partial charge in [-0.3, -0.25) is 0 Å². The van der Waals surface area contributed by atoms with Crippen molar-refractivity contribution < 1.29 is 4.42 Å². The lowest BCUT2D eigenvalue weighted by molar-refractivity contribution is 0.669. The number of hydrogen-bond donors (Lipinski definition) is 0. The zero-order valence-electron chi connectivity index (χ0n) is 32.3. The van der Waals surface area contributed by atoms with Gasteiger partial charge < -0.3 is 13.9 Å². The van der Waals surface area contributed by atoms with Gasteiger partial charge in [-0.25, -0.2) is 0 Å². The number of nitrogens with zero attached hydrogens (tertiary/aromatic N) is 2. The monoisotopic (exact) mass is 754 g/mol. The van der Waals surface area contributed by atoms with Gasteiger partial charge in [-0.05, 0) is 123 Å². The van der Waals surface area contributed by atoms with Crippen LogP contribution in [0.3, 0.4) is 0 Å². The maximum absolute atomic E-state index is 6.40. The Labute approximate surface area is 342 Å². The van der Waals surface area contributed by atoms with Crippen LogP contribution in [-0.2, 0) is 0 Å². The first-order valence-electron chi connectivity index (χ1n) is 20.5. The third kappa shape index (κ3) is 5.58. The van der Waals surface area contributed by atoms with Crippen LogP contribution in [0.5, 0.6) is 0 Å². The van der Waals surface area contributed by atoms with Crippen LogP contribution < -0.4 is 4.90 Å². The van der Waals surface area contributed by atoms with E-state index in [0.717, 1.165) is 46.2 Å². The number of aromatic nitrogens is 1. The van der Waals surface area contributed by atoms with E-state index < -0.39 is 0 Å². The number of benzene rings is 9. The van der Waals surface area contributed by atoms with E-state index in [4.69, 9.17) is 4.42 Å². The van der Waals surface area contributed by atoms with Gasteiger partial charge in [0.1, 0.15) is 11.2 Å². The van der Waals surface area contributed by atoms with Crippen molar-refractivity contribution in [3.8, 4) is 16.8 Å². The largest absolute Gasteiger partial charge is 0.456 e. The quantitative estimate of drug-likeness (QED) is 0.169. The lowest BCUT2D eigenvalue weighted by Gasteiger charge is -2.30. The number of fused-ring (bicyclic) bond motifs is 8. The van der Waals surface area contributed by atoms with E-state index in [1.807, 2.05) is 12.1 Å². The highest BCUT2D eigenvalue weighted by atomic mass is 16.3. The Morgan fingerprint density at radius 1 is 0.407 bits per heavy atom. The fourth-order valence-electron chi connectivity index (χ4n) is 9.41. The highest BCUT2D eigenvalue weighted by molar-refractivity contribution is 6.13. The second-order valence-electron chi connectivity index (χ2n) is 15.7. The molecule has 11 aromatic rings. The Bertz CT molecular complexity index is 3480. The molecule has 0 saturated carbocycles. The molecule has 3 nitrogen and oxygen atoms in total. The Hall–Kier alpha value is -7.62. The Balaban J connectivity index is 0.918. The van der Waals surface area contributed by atoms with Crippen LogP contribution in [0.2, 0.25) is 0 Å². The molecule has 59 heavy (non-hydrogen) atoms. The van der Waals surface area contributed by atoms with Gasteiger partial charge in [0.25, 0.3) is 0 Å². The SMILES string of the molecule is C1=C(c2ccc(-n3c4ccccc4c4cc5ccccc5cc43)cc2)CCC(N(c2ccc(-c3cccc4ccccc34)cc2)c2ccc3c(c2)oc2ccccc23)=C1. The highest BCUT2D eigenvalue weighted by Crippen LogP contribution is 2.41. The van der Waals surface area contributed by atoms with Crippen LogP contribution in [0.4, 0.5) is 11.4 Å². The van der Waals surface area contributed by atoms with Gasteiger partial charge >= 0.3 is 0 Å². The van der Waals surface area contributed by atoms with E-state index >= 15 is 0 Å². The minimum absolute atomic E-state index is 0.894. The molecular weight excluding hydrogens is 717 g/mol. The van der Waals surface area contributed by atoms with Crippen molar-refractivity contribution in [2.24, 2.45) is 0 Å². The zero-order valence-corrected chi connectivity index (χ0v) is 32.3. The Morgan fingerprint density at radius 3 is 1.88 bits per heavy atom. The smallest absolute Gasteiger partial charge is 0.137 e. The molecular formula is C56H38N2O. The molecule has 12 rings (SSSR count). The molecule has 1 aliphatic rings. The molecule has 9 aromatic carbocycles. The average Bonchev–Trinajstić information content (AvgIpc) is 3.83. The minimum Gasteiger partial charge on any atom is -0.456 e. The molecule has 0 atom stereocenters. The van der Waals surface area contributed by atoms with E-state index in [2.05, 4.69) is 204 Å². The summed E-state index contributed by atoms with van der Waals surface area (Å²) in [5.41, 5.74) is 13.9. The van der Waals surface area contributed by atoms with Crippen molar-refractivity contribution >= 4 is 82.2 Å². The molecule has 0 spiro atoms. The minimum atomic E-state index is 0.894. The van der Waals surface area contributed by atoms with Gasteiger partial charge in [-0.2, -0.15) is 0 Å². The average molecular weight is 755 g/mol. The van der Waals surface area contributed by atoms with Crippen LogP contribution in [-0.4, -0.2) is 4.57 Å². The summed E-state index contributed by atoms with van der Waals surface area (Å²) < 4.78 is 8.82. The second kappa shape index (κ2) is 13.5. The maximum Gasteiger partial charge on any atom is 0.137 e. The molecule has 0 unspecified atom stereocenters. The van der Waals surface area contributed by atoms with E-state index in [1.165, 1.54) is 77.0 Å². The first-order valence-corrected chi connectivity index (χ1v) is 20.5. The molecule has 0 saturated heterocycles. The molecule has 2 heterocycles. The van der Waals surface area contributed by atoms with Gasteiger partial charge in [0.15, 0.2) is 0 Å². The number of anilines is 2. The molecule has 1 aliphatic carbocycles. The first-order chi connectivity index (χ1) is 29.2. The number of para-hydroxylation sites is 2. The van der Waals surface area contributed by atoms with Crippen molar-refractivity contribution in [1.82, 2.24) is 4.57 Å². The van der Waals surface area contributed by atoms with Crippen LogP contribution in [0.25, 0.3) is 87.7 Å². The van der Waals surface area contributed by atoms with Crippen LogP contribution in [0.1, 0.15) is 18.4 Å². The molecule has 0 fully saturated rings. The number of hydrogen-bond acceptors (Lipinski definition) is 2. The highest BCUT2D eigenvalue weighted by Gasteiger charge is 2.21. The number of rotatable bonds is 6. The summed E-state index contributed by atoms with van der Waals surface area (Å²) in [6.07, 6.45) is 6.46. The summed E-state index contributed by atoms with van der Waals surface area (Å²) in [5, 5.41) is 9.86. The summed E-state index contributed by atoms with van der Waals surface area (Å²) >= 11 is 0. The molecule has 278 valence electrons. The Morgan fingerprint density at radius 2 is 1.07 bits per heavy atom. The van der Waals surface area contributed by atoms with Crippen molar-refractivity contribution in [2.45, 2.75) is 12.8 Å². The van der Waals surface area contributed by atoms with Gasteiger partial charge in [0.2, 0.25) is 0 Å². The van der Waals surface area contributed by atoms with Crippen molar-refractivity contribution in [1.29, 1.82) is 0 Å². The molecule has 0 bridgehead atoms. The molecule has 0 amide bonds. The summed E-state index contributed by atoms with van der Waals surface area (Å²) in [6.45, 7) is 0. The number of furan rings is 1. The third-order valence-corrected chi connectivity index (χ3v) is 12.3. The summed E-state index contributed by atoms with van der Waals surface area (Å²) in [7, 11) is 0. The lowest BCUT2D eigenvalue weighted by atomic mass is 9.94. The second-order valence-corrected chi connectivity index (χ2v) is 15.7. The molecule has 0 radical (unpaired) electrons. The van der Waals surface area contributed by atoms with E-state index in [-0.39, 0.29) is 0 Å². The molecule has 2 aromatic heterocycles. The van der Waals surface area contributed by atoms with Gasteiger partial charge in [-0.1, -0.05) is 133 Å². The summed E-state index contributed by atoms with van der Waals surface area (Å²) in [5.74, 6) is 0. The third-order valence-electron chi connectivity index (χ3n) is 12.3. The number of allylic oxidation sites excluding steroid dienone is 4. The standard InChI is InChI=1S/C56H38N2O/c1-2-12-42-35-54-52(34-41(42)11-1)49-15-5-7-18-53(49)58(54)45-28-22-38(23-29-45)37-20-26-43(27-21-37)57(46-32-33-51-50-16-6-8-19-55(50)59-56(51)36-46)44-30-24-40(25-31-44)48-17-9-13-39-10-3-4-14-47(39)48/h1-20,22-26,28-36H,21,27H2. The fraction of sp³-hybridized carbons (Fsp3) is 0.0357. The van der Waals surface area contributed by atoms with Crippen LogP contribution in [0, 0.1) is 0 Å². The van der Waals surface area contributed by atoms with E-state index in [0.29, 0.717) is 0 Å².